The fourth-order valence-corrected chi connectivity index (χ4v) is 4.63. The van der Waals surface area contributed by atoms with E-state index in [0.29, 0.717) is 18.2 Å². The largest absolute Gasteiger partial charge is 0.342 e. The summed E-state index contributed by atoms with van der Waals surface area (Å²) in [5.41, 5.74) is 3.79. The summed E-state index contributed by atoms with van der Waals surface area (Å²) < 4.78 is 0. The summed E-state index contributed by atoms with van der Waals surface area (Å²) in [7, 11) is 0. The second kappa shape index (κ2) is 9.96. The highest BCUT2D eigenvalue weighted by Crippen LogP contribution is 2.27. The minimum atomic E-state index is -0.323. The van der Waals surface area contributed by atoms with Crippen LogP contribution in [0.2, 0.25) is 0 Å². The number of benzene rings is 2. The van der Waals surface area contributed by atoms with E-state index in [-0.39, 0.29) is 24.2 Å². The van der Waals surface area contributed by atoms with Gasteiger partial charge >= 0.3 is 0 Å². The first-order chi connectivity index (χ1) is 15.5. The zero-order valence-electron chi connectivity index (χ0n) is 18.2. The van der Waals surface area contributed by atoms with Crippen molar-refractivity contribution in [3.8, 4) is 0 Å². The van der Waals surface area contributed by atoms with Crippen LogP contribution in [0, 0.1) is 19.8 Å². The molecule has 0 spiro atoms. The zero-order valence-corrected chi connectivity index (χ0v) is 19.1. The van der Waals surface area contributed by atoms with Crippen molar-refractivity contribution in [3.05, 3.63) is 77.6 Å². The number of carbonyl (C=O) groups is 2. The van der Waals surface area contributed by atoms with Crippen LogP contribution < -0.4 is 5.32 Å². The Morgan fingerprint density at radius 1 is 1.06 bits per heavy atom. The van der Waals surface area contributed by atoms with Gasteiger partial charge in [-0.15, -0.1) is 0 Å². The summed E-state index contributed by atoms with van der Waals surface area (Å²) in [5, 5.41) is 3.66. The van der Waals surface area contributed by atoms with Gasteiger partial charge in [-0.1, -0.05) is 30.3 Å². The standard InChI is InChI=1S/C25H26N4O2S/c1-17-14-18(2)27-25(26-17)32-22-10-8-21(9-11-22)28-24(31)20-15-23(30)29(16-20)13-12-19-6-4-3-5-7-19/h3-11,14,20H,12-13,15-16H2,1-2H3,(H,28,31). The van der Waals surface area contributed by atoms with Gasteiger partial charge in [0.25, 0.3) is 0 Å². The number of rotatable bonds is 7. The van der Waals surface area contributed by atoms with Crippen LogP contribution in [-0.2, 0) is 16.0 Å². The minimum Gasteiger partial charge on any atom is -0.342 e. The van der Waals surface area contributed by atoms with Gasteiger partial charge in [0.1, 0.15) is 0 Å². The van der Waals surface area contributed by atoms with Gasteiger partial charge in [-0.05, 0) is 67.9 Å². The molecule has 4 rings (SSSR count). The molecule has 1 N–H and O–H groups in total. The molecule has 0 aliphatic carbocycles. The van der Waals surface area contributed by atoms with Crippen LogP contribution in [0.5, 0.6) is 0 Å². The second-order valence-corrected chi connectivity index (χ2v) is 9.07. The first-order valence-corrected chi connectivity index (χ1v) is 11.5. The van der Waals surface area contributed by atoms with Gasteiger partial charge in [-0.3, -0.25) is 9.59 Å². The Bertz CT molecular complexity index is 1080. The molecule has 0 saturated carbocycles. The van der Waals surface area contributed by atoms with E-state index >= 15 is 0 Å². The van der Waals surface area contributed by atoms with Crippen LogP contribution in [0.3, 0.4) is 0 Å². The summed E-state index contributed by atoms with van der Waals surface area (Å²) in [6.45, 7) is 5.01. The zero-order chi connectivity index (χ0) is 22.5. The first kappa shape index (κ1) is 22.0. The number of nitrogens with zero attached hydrogens (tertiary/aromatic N) is 3. The Kier molecular flexibility index (Phi) is 6.85. The van der Waals surface area contributed by atoms with Gasteiger partial charge in [-0.2, -0.15) is 0 Å². The van der Waals surface area contributed by atoms with Crippen LogP contribution in [0.1, 0.15) is 23.4 Å². The van der Waals surface area contributed by atoms with Crippen LogP contribution >= 0.6 is 11.8 Å². The lowest BCUT2D eigenvalue weighted by Gasteiger charge is -2.16. The number of likely N-dealkylation sites (tertiary alicyclic amines) is 1. The molecule has 164 valence electrons. The van der Waals surface area contributed by atoms with Gasteiger partial charge in [0.2, 0.25) is 11.8 Å². The van der Waals surface area contributed by atoms with Crippen molar-refractivity contribution in [2.45, 2.75) is 36.7 Å². The Labute approximate surface area is 192 Å². The third-order valence-corrected chi connectivity index (χ3v) is 6.26. The summed E-state index contributed by atoms with van der Waals surface area (Å²) >= 11 is 1.49. The number of hydrogen-bond acceptors (Lipinski definition) is 5. The highest BCUT2D eigenvalue weighted by atomic mass is 32.2. The molecule has 7 heteroatoms. The fourth-order valence-electron chi connectivity index (χ4n) is 3.77. The maximum Gasteiger partial charge on any atom is 0.229 e. The molecule has 1 unspecified atom stereocenters. The van der Waals surface area contributed by atoms with Gasteiger partial charge in [0.05, 0.1) is 5.92 Å². The summed E-state index contributed by atoms with van der Waals surface area (Å²) in [6, 6.07) is 19.6. The number of amides is 2. The van der Waals surface area contributed by atoms with E-state index in [0.717, 1.165) is 28.4 Å². The lowest BCUT2D eigenvalue weighted by atomic mass is 10.1. The van der Waals surface area contributed by atoms with E-state index < -0.39 is 0 Å². The number of hydrogen-bond donors (Lipinski definition) is 1. The molecule has 1 aliphatic rings. The third kappa shape index (κ3) is 5.73. The molecule has 1 aliphatic heterocycles. The number of aryl methyl sites for hydroxylation is 2. The van der Waals surface area contributed by atoms with Crippen molar-refractivity contribution < 1.29 is 9.59 Å². The summed E-state index contributed by atoms with van der Waals surface area (Å²) in [5.74, 6) is -0.393. The number of anilines is 1. The lowest BCUT2D eigenvalue weighted by molar-refractivity contribution is -0.128. The Balaban J connectivity index is 1.30. The quantitative estimate of drug-likeness (QED) is 0.549. The van der Waals surface area contributed by atoms with Crippen molar-refractivity contribution in [2.75, 3.05) is 18.4 Å². The molecular weight excluding hydrogens is 420 g/mol. The molecule has 2 aromatic carbocycles. The number of carbonyl (C=O) groups excluding carboxylic acids is 2. The number of aromatic nitrogens is 2. The van der Waals surface area contributed by atoms with Crippen molar-refractivity contribution >= 4 is 29.3 Å². The molecule has 1 atom stereocenters. The van der Waals surface area contributed by atoms with E-state index in [2.05, 4.69) is 27.4 Å². The SMILES string of the molecule is Cc1cc(C)nc(Sc2ccc(NC(=O)C3CC(=O)N(CCc4ccccc4)C3)cc2)n1. The molecule has 2 amide bonds. The highest BCUT2D eigenvalue weighted by Gasteiger charge is 2.34. The fraction of sp³-hybridized carbons (Fsp3) is 0.280. The molecule has 2 heterocycles. The van der Waals surface area contributed by atoms with Crippen LogP contribution in [-0.4, -0.2) is 39.8 Å². The Morgan fingerprint density at radius 3 is 2.44 bits per heavy atom. The van der Waals surface area contributed by atoms with E-state index in [9.17, 15) is 9.59 Å². The van der Waals surface area contributed by atoms with Gasteiger partial charge in [-0.25, -0.2) is 9.97 Å². The van der Waals surface area contributed by atoms with Crippen LogP contribution in [0.15, 0.2) is 70.7 Å². The average Bonchev–Trinajstić information content (AvgIpc) is 3.14. The first-order valence-electron chi connectivity index (χ1n) is 10.7. The maximum absolute atomic E-state index is 12.7. The molecule has 1 aromatic heterocycles. The van der Waals surface area contributed by atoms with Crippen LogP contribution in [0.25, 0.3) is 0 Å². The highest BCUT2D eigenvalue weighted by molar-refractivity contribution is 7.99. The predicted octanol–water partition coefficient (Wildman–Crippen LogP) is 4.27. The smallest absolute Gasteiger partial charge is 0.229 e. The summed E-state index contributed by atoms with van der Waals surface area (Å²) in [6.07, 6.45) is 1.06. The molecule has 0 radical (unpaired) electrons. The molecule has 6 nitrogen and oxygen atoms in total. The van der Waals surface area contributed by atoms with Gasteiger partial charge in [0, 0.05) is 41.5 Å². The van der Waals surface area contributed by atoms with Gasteiger partial charge < -0.3 is 10.2 Å². The third-order valence-electron chi connectivity index (χ3n) is 5.39. The van der Waals surface area contributed by atoms with E-state index in [4.69, 9.17) is 0 Å². The molecule has 32 heavy (non-hydrogen) atoms. The number of nitrogens with one attached hydrogen (secondary N) is 1. The van der Waals surface area contributed by atoms with Crippen molar-refractivity contribution in [2.24, 2.45) is 5.92 Å². The normalized spacial score (nSPS) is 15.8. The van der Waals surface area contributed by atoms with Crippen molar-refractivity contribution in [1.29, 1.82) is 0 Å². The lowest BCUT2D eigenvalue weighted by Crippen LogP contribution is -2.30. The summed E-state index contributed by atoms with van der Waals surface area (Å²) in [4.78, 5) is 36.8. The van der Waals surface area contributed by atoms with E-state index in [1.165, 1.54) is 17.3 Å². The monoisotopic (exact) mass is 446 g/mol. The van der Waals surface area contributed by atoms with Crippen molar-refractivity contribution in [3.63, 3.8) is 0 Å². The molecule has 3 aromatic rings. The Morgan fingerprint density at radius 2 is 1.75 bits per heavy atom. The molecule has 0 bridgehead atoms. The van der Waals surface area contributed by atoms with Gasteiger partial charge in [0.15, 0.2) is 5.16 Å². The van der Waals surface area contributed by atoms with E-state index in [1.54, 1.807) is 4.90 Å². The maximum atomic E-state index is 12.7. The predicted molar refractivity (Wildman–Crippen MR) is 126 cm³/mol. The van der Waals surface area contributed by atoms with Crippen LogP contribution in [0.4, 0.5) is 5.69 Å². The average molecular weight is 447 g/mol. The topological polar surface area (TPSA) is 75.2 Å². The van der Waals surface area contributed by atoms with Crippen molar-refractivity contribution in [1.82, 2.24) is 14.9 Å². The second-order valence-electron chi connectivity index (χ2n) is 8.03. The minimum absolute atomic E-state index is 0.0428. The molecular formula is C25H26N4O2S. The van der Waals surface area contributed by atoms with E-state index in [1.807, 2.05) is 62.4 Å². The molecule has 1 fully saturated rings. The Hall–Kier alpha value is -3.19. The molecule has 1 saturated heterocycles.